The summed E-state index contributed by atoms with van der Waals surface area (Å²) in [7, 11) is 0. The summed E-state index contributed by atoms with van der Waals surface area (Å²) >= 11 is 12.0. The fraction of sp³-hybridized carbons (Fsp3) is 0.158. The van der Waals surface area contributed by atoms with Gasteiger partial charge in [-0.3, -0.25) is 9.79 Å². The van der Waals surface area contributed by atoms with Gasteiger partial charge in [0.05, 0.1) is 28.0 Å². The highest BCUT2D eigenvalue weighted by molar-refractivity contribution is 6.42. The predicted octanol–water partition coefficient (Wildman–Crippen LogP) is 4.86. The lowest BCUT2D eigenvalue weighted by molar-refractivity contribution is -0.116. The van der Waals surface area contributed by atoms with Crippen molar-refractivity contribution in [1.82, 2.24) is 0 Å². The zero-order valence-corrected chi connectivity index (χ0v) is 14.7. The van der Waals surface area contributed by atoms with Gasteiger partial charge >= 0.3 is 0 Å². The fourth-order valence-corrected chi connectivity index (χ4v) is 2.97. The van der Waals surface area contributed by atoms with E-state index in [1.165, 1.54) is 0 Å². The molecule has 0 aromatic heterocycles. The molecule has 0 N–H and O–H groups in total. The van der Waals surface area contributed by atoms with Crippen molar-refractivity contribution in [3.05, 3.63) is 69.7 Å². The van der Waals surface area contributed by atoms with Crippen LogP contribution in [0.2, 0.25) is 10.0 Å². The Labute approximate surface area is 151 Å². The minimum Gasteiger partial charge on any atom is -0.310 e. The Kier molecular flexibility index (Phi) is 5.03. The third-order valence-corrected chi connectivity index (χ3v) is 4.57. The van der Waals surface area contributed by atoms with Gasteiger partial charge in [-0.2, -0.15) is 0 Å². The average molecular weight is 359 g/mol. The number of benzodiazepines with no additional fused rings is 1. The quantitative estimate of drug-likeness (QED) is 0.754. The van der Waals surface area contributed by atoms with Gasteiger partial charge in [0.2, 0.25) is 5.91 Å². The van der Waals surface area contributed by atoms with Crippen molar-refractivity contribution in [2.45, 2.75) is 6.92 Å². The van der Waals surface area contributed by atoms with Crippen LogP contribution >= 0.6 is 23.2 Å². The van der Waals surface area contributed by atoms with Crippen molar-refractivity contribution < 1.29 is 4.79 Å². The summed E-state index contributed by atoms with van der Waals surface area (Å²) in [5.41, 5.74) is 3.62. The normalized spacial score (nSPS) is 14.3. The number of para-hydroxylation sites is 1. The van der Waals surface area contributed by atoms with E-state index >= 15 is 0 Å². The van der Waals surface area contributed by atoms with Gasteiger partial charge in [0.1, 0.15) is 0 Å². The minimum atomic E-state index is 0.0207. The van der Waals surface area contributed by atoms with Gasteiger partial charge in [-0.05, 0) is 29.8 Å². The monoisotopic (exact) mass is 358 g/mol. The number of aliphatic imine (C=N–C) groups is 1. The second-order valence-electron chi connectivity index (χ2n) is 5.46. The van der Waals surface area contributed by atoms with E-state index in [1.807, 2.05) is 48.6 Å². The highest BCUT2D eigenvalue weighted by Gasteiger charge is 2.19. The van der Waals surface area contributed by atoms with Crippen LogP contribution in [0.5, 0.6) is 0 Å². The van der Waals surface area contributed by atoms with Crippen molar-refractivity contribution in [2.75, 3.05) is 18.0 Å². The molecule has 0 radical (unpaired) electrons. The SMILES string of the molecule is CC(=O)N1CCN=C(/C=C/c2ccc(Cl)c(Cl)c2)c2ccccc21. The molecule has 0 unspecified atom stereocenters. The Balaban J connectivity index is 1.96. The lowest BCUT2D eigenvalue weighted by atomic mass is 10.1. The third kappa shape index (κ3) is 3.53. The van der Waals surface area contributed by atoms with Gasteiger partial charge in [0, 0.05) is 19.0 Å². The van der Waals surface area contributed by atoms with Gasteiger partial charge in [-0.15, -0.1) is 0 Å². The van der Waals surface area contributed by atoms with Crippen molar-refractivity contribution in [2.24, 2.45) is 4.99 Å². The lowest BCUT2D eigenvalue weighted by Crippen LogP contribution is -2.30. The number of halogens is 2. The molecular formula is C19H16Cl2N2O. The second-order valence-corrected chi connectivity index (χ2v) is 6.28. The topological polar surface area (TPSA) is 32.7 Å². The molecule has 0 fully saturated rings. The summed E-state index contributed by atoms with van der Waals surface area (Å²) in [4.78, 5) is 18.3. The van der Waals surface area contributed by atoms with Gasteiger partial charge in [-0.1, -0.05) is 53.5 Å². The van der Waals surface area contributed by atoms with E-state index in [1.54, 1.807) is 17.9 Å². The molecule has 3 rings (SSSR count). The van der Waals surface area contributed by atoms with Crippen LogP contribution in [0.15, 0.2) is 53.5 Å². The van der Waals surface area contributed by atoms with E-state index in [4.69, 9.17) is 23.2 Å². The Morgan fingerprint density at radius 2 is 1.92 bits per heavy atom. The van der Waals surface area contributed by atoms with E-state index in [2.05, 4.69) is 4.99 Å². The number of hydrogen-bond acceptors (Lipinski definition) is 2. The molecule has 0 bridgehead atoms. The number of amides is 1. The summed E-state index contributed by atoms with van der Waals surface area (Å²) in [6, 6.07) is 13.3. The van der Waals surface area contributed by atoms with Gasteiger partial charge < -0.3 is 4.90 Å². The van der Waals surface area contributed by atoms with Crippen molar-refractivity contribution in [1.29, 1.82) is 0 Å². The maximum Gasteiger partial charge on any atom is 0.223 e. The molecule has 0 spiro atoms. The molecular weight excluding hydrogens is 343 g/mol. The number of carbonyl (C=O) groups is 1. The molecule has 1 aliphatic heterocycles. The largest absolute Gasteiger partial charge is 0.310 e. The molecule has 1 aliphatic rings. The number of rotatable bonds is 2. The molecule has 24 heavy (non-hydrogen) atoms. The first-order chi connectivity index (χ1) is 11.6. The molecule has 1 heterocycles. The number of hydrogen-bond donors (Lipinski definition) is 0. The third-order valence-electron chi connectivity index (χ3n) is 3.83. The molecule has 0 saturated heterocycles. The standard InChI is InChI=1S/C19H16Cl2N2O/c1-13(24)23-11-10-22-18(15-4-2-3-5-19(15)23)9-7-14-6-8-16(20)17(21)12-14/h2-9,12H,10-11H2,1H3/b9-7+. The van der Waals surface area contributed by atoms with E-state index in [0.29, 0.717) is 23.1 Å². The average Bonchev–Trinajstić information content (AvgIpc) is 2.75. The number of nitrogens with zero attached hydrogens (tertiary/aromatic N) is 2. The zero-order valence-electron chi connectivity index (χ0n) is 13.2. The van der Waals surface area contributed by atoms with Crippen molar-refractivity contribution >= 4 is 46.6 Å². The van der Waals surface area contributed by atoms with Crippen LogP contribution < -0.4 is 4.90 Å². The molecule has 5 heteroatoms. The van der Waals surface area contributed by atoms with Crippen LogP contribution in [0, 0.1) is 0 Å². The number of benzene rings is 2. The molecule has 0 atom stereocenters. The molecule has 2 aromatic carbocycles. The van der Waals surface area contributed by atoms with Crippen LogP contribution in [0.4, 0.5) is 5.69 Å². The van der Waals surface area contributed by atoms with Gasteiger partial charge in [-0.25, -0.2) is 0 Å². The highest BCUT2D eigenvalue weighted by Crippen LogP contribution is 2.26. The minimum absolute atomic E-state index is 0.0207. The smallest absolute Gasteiger partial charge is 0.223 e. The van der Waals surface area contributed by atoms with E-state index < -0.39 is 0 Å². The van der Waals surface area contributed by atoms with E-state index in [0.717, 1.165) is 22.5 Å². The summed E-state index contributed by atoms with van der Waals surface area (Å²) in [5, 5.41) is 1.05. The maximum atomic E-state index is 11.9. The highest BCUT2D eigenvalue weighted by atomic mass is 35.5. The van der Waals surface area contributed by atoms with Crippen molar-refractivity contribution in [3.8, 4) is 0 Å². The Bertz CT molecular complexity index is 843. The predicted molar refractivity (Wildman–Crippen MR) is 101 cm³/mol. The first-order valence-corrected chi connectivity index (χ1v) is 8.37. The Morgan fingerprint density at radius 1 is 1.12 bits per heavy atom. The summed E-state index contributed by atoms with van der Waals surface area (Å²) in [6.45, 7) is 2.72. The van der Waals surface area contributed by atoms with Crippen LogP contribution in [-0.4, -0.2) is 24.7 Å². The Morgan fingerprint density at radius 3 is 2.67 bits per heavy atom. The second kappa shape index (κ2) is 7.20. The first-order valence-electron chi connectivity index (χ1n) is 7.61. The van der Waals surface area contributed by atoms with Crippen LogP contribution in [0.3, 0.4) is 0 Å². The van der Waals surface area contributed by atoms with Gasteiger partial charge in [0.15, 0.2) is 0 Å². The Hall–Kier alpha value is -2.10. The number of fused-ring (bicyclic) bond motifs is 1. The molecule has 2 aromatic rings. The first kappa shape index (κ1) is 16.7. The molecule has 3 nitrogen and oxygen atoms in total. The number of carbonyl (C=O) groups excluding carboxylic acids is 1. The maximum absolute atomic E-state index is 11.9. The molecule has 0 aliphatic carbocycles. The number of allylic oxidation sites excluding steroid dienone is 1. The van der Waals surface area contributed by atoms with E-state index in [-0.39, 0.29) is 5.91 Å². The van der Waals surface area contributed by atoms with E-state index in [9.17, 15) is 4.79 Å². The van der Waals surface area contributed by atoms with Gasteiger partial charge in [0.25, 0.3) is 0 Å². The van der Waals surface area contributed by atoms with Crippen molar-refractivity contribution in [3.63, 3.8) is 0 Å². The number of anilines is 1. The molecule has 1 amide bonds. The summed E-state index contributed by atoms with van der Waals surface area (Å²) < 4.78 is 0. The fourth-order valence-electron chi connectivity index (χ4n) is 2.66. The molecule has 122 valence electrons. The van der Waals surface area contributed by atoms with Crippen LogP contribution in [0.1, 0.15) is 18.1 Å². The summed E-state index contributed by atoms with van der Waals surface area (Å²) in [5.74, 6) is 0.0207. The summed E-state index contributed by atoms with van der Waals surface area (Å²) in [6.07, 6.45) is 3.89. The molecule has 0 saturated carbocycles. The lowest BCUT2D eigenvalue weighted by Gasteiger charge is -2.20. The zero-order chi connectivity index (χ0) is 17.1. The van der Waals surface area contributed by atoms with Crippen LogP contribution in [0.25, 0.3) is 6.08 Å². The van der Waals surface area contributed by atoms with Crippen LogP contribution in [-0.2, 0) is 4.79 Å².